The number of carbonyl (C=O) groups excluding carboxylic acids is 1. The molecule has 4 heteroatoms. The van der Waals surface area contributed by atoms with E-state index in [0.29, 0.717) is 11.3 Å². The normalized spacial score (nSPS) is 23.5. The first-order chi connectivity index (χ1) is 9.15. The summed E-state index contributed by atoms with van der Waals surface area (Å²) < 4.78 is 5.57. The Bertz CT molecular complexity index is 660. The minimum absolute atomic E-state index is 0.387. The molecule has 0 fully saturated rings. The van der Waals surface area contributed by atoms with Gasteiger partial charge in [-0.1, -0.05) is 24.3 Å². The van der Waals surface area contributed by atoms with Gasteiger partial charge in [0, 0.05) is 5.39 Å². The summed E-state index contributed by atoms with van der Waals surface area (Å²) in [5, 5.41) is 19.9. The molecule has 1 aliphatic carbocycles. The highest BCUT2D eigenvalue weighted by Crippen LogP contribution is 2.22. The molecule has 0 radical (unpaired) electrons. The predicted octanol–water partition coefficient (Wildman–Crippen LogP) is 1.68. The van der Waals surface area contributed by atoms with Gasteiger partial charge in [-0.3, -0.25) is 4.79 Å². The second-order valence-corrected chi connectivity index (χ2v) is 4.46. The van der Waals surface area contributed by atoms with Crippen LogP contribution >= 0.6 is 0 Å². The van der Waals surface area contributed by atoms with E-state index in [1.165, 1.54) is 6.08 Å². The number of rotatable bonds is 2. The average molecular weight is 256 g/mol. The molecule has 1 heterocycles. The number of fused-ring (bicyclic) bond motifs is 1. The van der Waals surface area contributed by atoms with Crippen LogP contribution in [-0.2, 0) is 4.79 Å². The molecule has 0 amide bonds. The first-order valence-corrected chi connectivity index (χ1v) is 5.93. The Hall–Kier alpha value is -2.17. The number of furan rings is 1. The van der Waals surface area contributed by atoms with E-state index in [9.17, 15) is 15.0 Å². The van der Waals surface area contributed by atoms with E-state index in [1.807, 2.05) is 30.3 Å². The molecule has 0 saturated carbocycles. The van der Waals surface area contributed by atoms with Crippen LogP contribution in [0.25, 0.3) is 17.0 Å². The third kappa shape index (κ3) is 2.12. The molecule has 0 bridgehead atoms. The summed E-state index contributed by atoms with van der Waals surface area (Å²) in [6.45, 7) is 0. The van der Waals surface area contributed by atoms with Gasteiger partial charge in [-0.25, -0.2) is 0 Å². The molecular weight excluding hydrogens is 244 g/mol. The van der Waals surface area contributed by atoms with Crippen LogP contribution in [-0.4, -0.2) is 28.2 Å². The van der Waals surface area contributed by atoms with Crippen molar-refractivity contribution in [2.24, 2.45) is 0 Å². The number of carbonyl (C=O) groups is 1. The van der Waals surface area contributed by atoms with E-state index >= 15 is 0 Å². The van der Waals surface area contributed by atoms with Crippen LogP contribution in [0.3, 0.4) is 0 Å². The summed E-state index contributed by atoms with van der Waals surface area (Å²) in [5.41, 5.74) is 1.16. The molecule has 1 aliphatic rings. The summed E-state index contributed by atoms with van der Waals surface area (Å²) in [4.78, 5) is 11.2. The van der Waals surface area contributed by atoms with E-state index in [4.69, 9.17) is 4.42 Å². The zero-order valence-corrected chi connectivity index (χ0v) is 9.98. The summed E-state index contributed by atoms with van der Waals surface area (Å²) >= 11 is 0. The van der Waals surface area contributed by atoms with Gasteiger partial charge in [-0.15, -0.1) is 0 Å². The highest BCUT2D eigenvalue weighted by atomic mass is 16.3. The molecular formula is C15H12O4. The molecule has 0 spiro atoms. The quantitative estimate of drug-likeness (QED) is 0.857. The molecule has 3 rings (SSSR count). The first kappa shape index (κ1) is 11.9. The van der Waals surface area contributed by atoms with Gasteiger partial charge in [-0.2, -0.15) is 0 Å². The van der Waals surface area contributed by atoms with Crippen molar-refractivity contribution in [2.45, 2.75) is 12.2 Å². The lowest BCUT2D eigenvalue weighted by atomic mass is 10.1. The number of hydrogen-bond acceptors (Lipinski definition) is 4. The van der Waals surface area contributed by atoms with Gasteiger partial charge in [0.15, 0.2) is 5.78 Å². The molecule has 4 nitrogen and oxygen atoms in total. The molecule has 0 aliphatic heterocycles. The molecule has 1 aromatic carbocycles. The van der Waals surface area contributed by atoms with Crippen LogP contribution in [0.5, 0.6) is 0 Å². The van der Waals surface area contributed by atoms with Crippen molar-refractivity contribution in [1.82, 2.24) is 0 Å². The summed E-state index contributed by atoms with van der Waals surface area (Å²) in [7, 11) is 0. The number of hydrogen-bond donors (Lipinski definition) is 2. The van der Waals surface area contributed by atoms with Crippen molar-refractivity contribution in [3.63, 3.8) is 0 Å². The highest BCUT2D eigenvalue weighted by molar-refractivity contribution is 5.98. The van der Waals surface area contributed by atoms with Gasteiger partial charge in [0.1, 0.15) is 23.6 Å². The Morgan fingerprint density at radius 1 is 1.11 bits per heavy atom. The van der Waals surface area contributed by atoms with Gasteiger partial charge in [-0.05, 0) is 29.9 Å². The number of aliphatic hydroxyl groups excluding tert-OH is 2. The molecule has 1 aromatic heterocycles. The zero-order valence-electron chi connectivity index (χ0n) is 9.98. The van der Waals surface area contributed by atoms with E-state index in [-0.39, 0.29) is 0 Å². The fraction of sp³-hybridized carbons (Fsp3) is 0.133. The van der Waals surface area contributed by atoms with E-state index < -0.39 is 18.0 Å². The van der Waals surface area contributed by atoms with Crippen LogP contribution < -0.4 is 0 Å². The smallest absolute Gasteiger partial charge is 0.187 e. The molecule has 0 saturated heterocycles. The molecule has 2 aromatic rings. The number of para-hydroxylation sites is 1. The van der Waals surface area contributed by atoms with Crippen LogP contribution in [0.1, 0.15) is 5.76 Å². The van der Waals surface area contributed by atoms with E-state index in [2.05, 4.69) is 0 Å². The lowest BCUT2D eigenvalue weighted by Crippen LogP contribution is -2.27. The van der Waals surface area contributed by atoms with Crippen molar-refractivity contribution < 1.29 is 19.4 Å². The predicted molar refractivity (Wildman–Crippen MR) is 70.4 cm³/mol. The molecule has 2 N–H and O–H groups in total. The zero-order chi connectivity index (χ0) is 13.4. The topological polar surface area (TPSA) is 70.7 Å². The Morgan fingerprint density at radius 2 is 1.89 bits per heavy atom. The minimum Gasteiger partial charge on any atom is -0.457 e. The van der Waals surface area contributed by atoms with Crippen LogP contribution in [0, 0.1) is 0 Å². The third-order valence-electron chi connectivity index (χ3n) is 3.13. The minimum atomic E-state index is -1.35. The molecule has 19 heavy (non-hydrogen) atoms. The van der Waals surface area contributed by atoms with Crippen LogP contribution in [0.2, 0.25) is 0 Å². The summed E-state index contributed by atoms with van der Waals surface area (Å²) in [6.07, 6.45) is 1.98. The summed E-state index contributed by atoms with van der Waals surface area (Å²) in [6, 6.07) is 9.48. The standard InChI is InChI=1S/C15H12O4/c16-12-8-10(14(17)15(12)18)5-6-11-7-9-3-1-2-4-13(9)19-11/h1-8,14-15,17-18H/b6-5+/t14-,15-/m0/s1. The Morgan fingerprint density at radius 3 is 2.58 bits per heavy atom. The Kier molecular flexibility index (Phi) is 2.81. The maximum atomic E-state index is 11.2. The van der Waals surface area contributed by atoms with Crippen molar-refractivity contribution in [1.29, 1.82) is 0 Å². The van der Waals surface area contributed by atoms with E-state index in [0.717, 1.165) is 11.0 Å². The number of aliphatic hydroxyl groups is 2. The number of ketones is 1. The Labute approximate surface area is 109 Å². The second kappa shape index (κ2) is 4.50. The number of benzene rings is 1. The second-order valence-electron chi connectivity index (χ2n) is 4.46. The van der Waals surface area contributed by atoms with Crippen LogP contribution in [0.4, 0.5) is 0 Å². The average Bonchev–Trinajstić information content (AvgIpc) is 2.93. The SMILES string of the molecule is O=C1C=C(/C=C/c2cc3ccccc3o2)[C@H](O)[C@H]1O. The lowest BCUT2D eigenvalue weighted by molar-refractivity contribution is -0.124. The Balaban J connectivity index is 1.87. The third-order valence-corrected chi connectivity index (χ3v) is 3.13. The van der Waals surface area contributed by atoms with Gasteiger partial charge in [0.2, 0.25) is 0 Å². The largest absolute Gasteiger partial charge is 0.457 e. The highest BCUT2D eigenvalue weighted by Gasteiger charge is 2.31. The molecule has 2 atom stereocenters. The fourth-order valence-corrected chi connectivity index (χ4v) is 2.08. The van der Waals surface area contributed by atoms with Gasteiger partial charge < -0.3 is 14.6 Å². The van der Waals surface area contributed by atoms with Crippen molar-refractivity contribution in [3.8, 4) is 0 Å². The maximum absolute atomic E-state index is 11.2. The molecule has 96 valence electrons. The van der Waals surface area contributed by atoms with Gasteiger partial charge in [0.05, 0.1) is 0 Å². The van der Waals surface area contributed by atoms with E-state index in [1.54, 1.807) is 12.2 Å². The van der Waals surface area contributed by atoms with Gasteiger partial charge in [0.25, 0.3) is 0 Å². The monoisotopic (exact) mass is 256 g/mol. The van der Waals surface area contributed by atoms with Crippen molar-refractivity contribution >= 4 is 22.8 Å². The van der Waals surface area contributed by atoms with Crippen molar-refractivity contribution in [2.75, 3.05) is 0 Å². The first-order valence-electron chi connectivity index (χ1n) is 5.93. The van der Waals surface area contributed by atoms with Gasteiger partial charge >= 0.3 is 0 Å². The molecule has 0 unspecified atom stereocenters. The summed E-state index contributed by atoms with van der Waals surface area (Å²) in [5.74, 6) is 0.153. The maximum Gasteiger partial charge on any atom is 0.187 e. The van der Waals surface area contributed by atoms with Crippen molar-refractivity contribution in [3.05, 3.63) is 53.8 Å². The van der Waals surface area contributed by atoms with Crippen LogP contribution in [0.15, 0.2) is 52.5 Å². The lowest BCUT2D eigenvalue weighted by Gasteiger charge is -2.07. The fourth-order valence-electron chi connectivity index (χ4n) is 2.08.